The highest BCUT2D eigenvalue weighted by Gasteiger charge is 2.43. The molecule has 0 unspecified atom stereocenters. The van der Waals surface area contributed by atoms with E-state index in [-0.39, 0.29) is 12.1 Å². The number of benzene rings is 2. The van der Waals surface area contributed by atoms with Gasteiger partial charge in [-0.2, -0.15) is 0 Å². The molecule has 4 heterocycles. The van der Waals surface area contributed by atoms with Gasteiger partial charge >= 0.3 is 0 Å². The van der Waals surface area contributed by atoms with Gasteiger partial charge in [0.15, 0.2) is 10.2 Å². The number of piperidine rings is 1. The van der Waals surface area contributed by atoms with Crippen molar-refractivity contribution in [2.45, 2.75) is 42.3 Å². The van der Waals surface area contributed by atoms with Crippen molar-refractivity contribution in [2.75, 3.05) is 22.9 Å². The third-order valence-corrected chi connectivity index (χ3v) is 8.92. The van der Waals surface area contributed by atoms with Crippen LogP contribution in [0.5, 0.6) is 0 Å². The summed E-state index contributed by atoms with van der Waals surface area (Å²) < 4.78 is 6.45. The molecule has 4 atom stereocenters. The molecule has 0 amide bonds. The number of pyridine rings is 1. The summed E-state index contributed by atoms with van der Waals surface area (Å²) in [7, 11) is 0. The van der Waals surface area contributed by atoms with E-state index in [9.17, 15) is 0 Å². The maximum atomic E-state index is 6.95. The second-order valence-electron chi connectivity index (χ2n) is 10.6. The first-order chi connectivity index (χ1) is 19.0. The number of rotatable bonds is 6. The Balaban J connectivity index is 1.35. The number of nitrogens with one attached hydrogen (secondary N) is 1. The third-order valence-electron chi connectivity index (χ3n) is 7.37. The van der Waals surface area contributed by atoms with Gasteiger partial charge in [0, 0.05) is 29.9 Å². The standard InChI is InChI=1S/C31H31ClN4OS2/c1-20-16-21(2)19-35(18-20)26-12-11-22(17-24(26)32)36-30(29(34-31(36)38)25-10-6-7-15-33-25)27-13-14-28(37-27)39-23-8-4-3-5-9-23/h3-15,17,20-21,29-30H,16,18-19H2,1-2H3,(H,34,38)/t20-,21-,29+,30+/m1/s1. The molecule has 2 saturated heterocycles. The zero-order valence-electron chi connectivity index (χ0n) is 22.0. The van der Waals surface area contributed by atoms with Crippen LogP contribution in [0.25, 0.3) is 0 Å². The van der Waals surface area contributed by atoms with Gasteiger partial charge in [-0.3, -0.25) is 4.98 Å². The first kappa shape index (κ1) is 26.2. The second kappa shape index (κ2) is 11.2. The minimum absolute atomic E-state index is 0.179. The summed E-state index contributed by atoms with van der Waals surface area (Å²) in [6.07, 6.45) is 3.06. The quantitative estimate of drug-likeness (QED) is 0.233. The molecule has 4 aromatic rings. The molecular weight excluding hydrogens is 544 g/mol. The van der Waals surface area contributed by atoms with Crippen molar-refractivity contribution < 1.29 is 4.42 Å². The fraction of sp³-hybridized carbons (Fsp3) is 0.290. The first-order valence-corrected chi connectivity index (χ1v) is 14.9. The summed E-state index contributed by atoms with van der Waals surface area (Å²) in [5.74, 6) is 2.10. The zero-order valence-corrected chi connectivity index (χ0v) is 24.3. The van der Waals surface area contributed by atoms with Crippen LogP contribution in [0, 0.1) is 11.8 Å². The molecule has 5 nitrogen and oxygen atoms in total. The van der Waals surface area contributed by atoms with E-state index >= 15 is 0 Å². The number of furan rings is 1. The molecule has 2 aromatic heterocycles. The van der Waals surface area contributed by atoms with Gasteiger partial charge in [-0.05, 0) is 85.1 Å². The van der Waals surface area contributed by atoms with Crippen LogP contribution in [0.3, 0.4) is 0 Å². The second-order valence-corrected chi connectivity index (χ2v) is 12.4. The van der Waals surface area contributed by atoms with Crippen LogP contribution in [0.2, 0.25) is 5.02 Å². The highest BCUT2D eigenvalue weighted by Crippen LogP contribution is 2.45. The van der Waals surface area contributed by atoms with Crippen molar-refractivity contribution in [3.63, 3.8) is 0 Å². The first-order valence-electron chi connectivity index (χ1n) is 13.3. The lowest BCUT2D eigenvalue weighted by Gasteiger charge is -2.37. The van der Waals surface area contributed by atoms with Gasteiger partial charge < -0.3 is 19.5 Å². The lowest BCUT2D eigenvalue weighted by atomic mass is 9.91. The Kier molecular flexibility index (Phi) is 7.56. The number of nitrogens with zero attached hydrogens (tertiary/aromatic N) is 3. The van der Waals surface area contributed by atoms with Crippen LogP contribution in [-0.2, 0) is 0 Å². The minimum Gasteiger partial charge on any atom is -0.452 e. The Bertz CT molecular complexity index is 1440. The van der Waals surface area contributed by atoms with Crippen molar-refractivity contribution in [2.24, 2.45) is 11.8 Å². The molecule has 2 aliphatic heterocycles. The fourth-order valence-corrected chi connectivity index (χ4v) is 7.28. The summed E-state index contributed by atoms with van der Waals surface area (Å²) in [5, 5.41) is 5.69. The predicted octanol–water partition coefficient (Wildman–Crippen LogP) is 8.14. The van der Waals surface area contributed by atoms with Gasteiger partial charge in [0.05, 0.1) is 22.4 Å². The average Bonchev–Trinajstić information content (AvgIpc) is 3.53. The Morgan fingerprint density at radius 3 is 2.46 bits per heavy atom. The Labute approximate surface area is 244 Å². The highest BCUT2D eigenvalue weighted by atomic mass is 35.5. The highest BCUT2D eigenvalue weighted by molar-refractivity contribution is 7.99. The van der Waals surface area contributed by atoms with Gasteiger partial charge in [0.1, 0.15) is 11.8 Å². The molecule has 200 valence electrons. The van der Waals surface area contributed by atoms with E-state index in [1.807, 2.05) is 60.8 Å². The van der Waals surface area contributed by atoms with Gasteiger partial charge in [-0.15, -0.1) is 0 Å². The summed E-state index contributed by atoms with van der Waals surface area (Å²) in [4.78, 5) is 10.3. The van der Waals surface area contributed by atoms with E-state index in [2.05, 4.69) is 58.2 Å². The van der Waals surface area contributed by atoms with Crippen LogP contribution in [0.1, 0.15) is 43.8 Å². The molecule has 2 aliphatic rings. The Morgan fingerprint density at radius 1 is 0.974 bits per heavy atom. The number of hydrogen-bond acceptors (Lipinski definition) is 5. The number of aromatic nitrogens is 1. The van der Waals surface area contributed by atoms with E-state index < -0.39 is 0 Å². The van der Waals surface area contributed by atoms with Gasteiger partial charge in [0.2, 0.25) is 0 Å². The monoisotopic (exact) mass is 574 g/mol. The van der Waals surface area contributed by atoms with Gasteiger partial charge in [0.25, 0.3) is 0 Å². The maximum Gasteiger partial charge on any atom is 0.174 e. The van der Waals surface area contributed by atoms with E-state index in [1.165, 1.54) is 6.42 Å². The normalized spacial score (nSPS) is 23.2. The molecule has 2 aromatic carbocycles. The average molecular weight is 575 g/mol. The van der Waals surface area contributed by atoms with Gasteiger partial charge in [-0.1, -0.05) is 61.5 Å². The van der Waals surface area contributed by atoms with Crippen LogP contribution < -0.4 is 15.1 Å². The van der Waals surface area contributed by atoms with Gasteiger partial charge in [-0.25, -0.2) is 0 Å². The summed E-state index contributed by atoms with van der Waals surface area (Å²) in [6, 6.07) is 26.1. The van der Waals surface area contributed by atoms with E-state index in [1.54, 1.807) is 11.8 Å². The van der Waals surface area contributed by atoms with Crippen LogP contribution in [0.4, 0.5) is 11.4 Å². The number of halogens is 1. The lowest BCUT2D eigenvalue weighted by Crippen LogP contribution is -2.38. The smallest absolute Gasteiger partial charge is 0.174 e. The fourth-order valence-electron chi connectivity index (χ4n) is 5.84. The maximum absolute atomic E-state index is 6.95. The molecular formula is C31H31ClN4OS2. The third kappa shape index (κ3) is 5.53. The molecule has 0 aliphatic carbocycles. The Morgan fingerprint density at radius 2 is 1.74 bits per heavy atom. The molecule has 2 fully saturated rings. The Hall–Kier alpha value is -3.00. The van der Waals surface area contributed by atoms with Crippen LogP contribution in [-0.4, -0.2) is 23.2 Å². The lowest BCUT2D eigenvalue weighted by molar-refractivity contribution is 0.357. The summed E-state index contributed by atoms with van der Waals surface area (Å²) >= 11 is 14.5. The van der Waals surface area contributed by atoms with Crippen molar-refractivity contribution in [3.8, 4) is 0 Å². The molecule has 6 rings (SSSR count). The molecule has 0 saturated carbocycles. The van der Waals surface area contributed by atoms with E-state index in [4.69, 9.17) is 28.2 Å². The number of hydrogen-bond donors (Lipinski definition) is 1. The van der Waals surface area contributed by atoms with E-state index in [0.717, 1.165) is 50.9 Å². The summed E-state index contributed by atoms with van der Waals surface area (Å²) in [6.45, 7) is 6.67. The SMILES string of the molecule is C[C@@H]1C[C@@H](C)CN(c2ccc(N3C(=S)N[C@@H](c4ccccn4)[C@@H]3c3ccc(Sc4ccccc4)o3)cc2Cl)C1. The largest absolute Gasteiger partial charge is 0.452 e. The zero-order chi connectivity index (χ0) is 26.9. The van der Waals surface area contributed by atoms with Crippen molar-refractivity contribution in [3.05, 3.63) is 102 Å². The molecule has 1 N–H and O–H groups in total. The number of thiocarbonyl (C=S) groups is 1. The van der Waals surface area contributed by atoms with E-state index in [0.29, 0.717) is 16.9 Å². The number of anilines is 2. The molecule has 0 radical (unpaired) electrons. The topological polar surface area (TPSA) is 44.5 Å². The van der Waals surface area contributed by atoms with Crippen LogP contribution >= 0.6 is 35.6 Å². The van der Waals surface area contributed by atoms with Crippen molar-refractivity contribution in [1.82, 2.24) is 10.3 Å². The molecule has 39 heavy (non-hydrogen) atoms. The van der Waals surface area contributed by atoms with Crippen molar-refractivity contribution in [1.29, 1.82) is 0 Å². The molecule has 8 heteroatoms. The van der Waals surface area contributed by atoms with Crippen LogP contribution in [0.15, 0.2) is 99.5 Å². The minimum atomic E-state index is -0.227. The molecule has 0 spiro atoms. The molecule has 0 bridgehead atoms. The summed E-state index contributed by atoms with van der Waals surface area (Å²) in [5.41, 5.74) is 2.91. The predicted molar refractivity (Wildman–Crippen MR) is 164 cm³/mol. The van der Waals surface area contributed by atoms with Crippen molar-refractivity contribution >= 4 is 52.1 Å².